The third-order valence-electron chi connectivity index (χ3n) is 3.83. The minimum absolute atomic E-state index is 0.0944. The molecule has 2 rings (SSSR count). The van der Waals surface area contributed by atoms with E-state index >= 15 is 0 Å². The highest BCUT2D eigenvalue weighted by molar-refractivity contribution is 9.10. The van der Waals surface area contributed by atoms with Gasteiger partial charge >= 0.3 is 0 Å². The van der Waals surface area contributed by atoms with E-state index in [4.69, 9.17) is 5.11 Å². The van der Waals surface area contributed by atoms with Gasteiger partial charge in [-0.15, -0.1) is 0 Å². The van der Waals surface area contributed by atoms with Gasteiger partial charge in [0.15, 0.2) is 0 Å². The summed E-state index contributed by atoms with van der Waals surface area (Å²) in [4.78, 5) is 14.6. The van der Waals surface area contributed by atoms with Crippen molar-refractivity contribution in [1.82, 2.24) is 4.90 Å². The molecular formula is C15H20BrNO2. The van der Waals surface area contributed by atoms with Crippen LogP contribution in [0.2, 0.25) is 0 Å². The summed E-state index contributed by atoms with van der Waals surface area (Å²) in [6, 6.07) is 6.09. The average molecular weight is 326 g/mol. The number of rotatable bonds is 5. The van der Waals surface area contributed by atoms with Gasteiger partial charge in [0.05, 0.1) is 0 Å². The van der Waals surface area contributed by atoms with E-state index in [1.54, 1.807) is 0 Å². The Balaban J connectivity index is 2.20. The Bertz CT molecular complexity index is 457. The van der Waals surface area contributed by atoms with Crippen LogP contribution in [0.1, 0.15) is 41.6 Å². The Morgan fingerprint density at radius 3 is 2.79 bits per heavy atom. The zero-order chi connectivity index (χ0) is 13.8. The number of hydrogen-bond acceptors (Lipinski definition) is 2. The minimum atomic E-state index is 0.0944. The molecule has 0 heterocycles. The van der Waals surface area contributed by atoms with Gasteiger partial charge in [-0.05, 0) is 50.3 Å². The highest BCUT2D eigenvalue weighted by Crippen LogP contribution is 2.28. The molecule has 0 aromatic heterocycles. The number of aliphatic hydroxyl groups is 1. The van der Waals surface area contributed by atoms with Crippen molar-refractivity contribution < 1.29 is 9.90 Å². The second-order valence-corrected chi connectivity index (χ2v) is 5.93. The van der Waals surface area contributed by atoms with Gasteiger partial charge in [0, 0.05) is 29.2 Å². The molecule has 1 saturated carbocycles. The lowest BCUT2D eigenvalue weighted by Gasteiger charge is -2.38. The normalized spacial score (nSPS) is 15.1. The summed E-state index contributed by atoms with van der Waals surface area (Å²) >= 11 is 3.47. The fourth-order valence-corrected chi connectivity index (χ4v) is 2.75. The molecule has 0 saturated heterocycles. The van der Waals surface area contributed by atoms with E-state index in [9.17, 15) is 4.79 Å². The SMILES string of the molecule is Cc1c(Br)cccc1C(=O)N(CCCO)C1CCC1. The Morgan fingerprint density at radius 1 is 1.47 bits per heavy atom. The lowest BCUT2D eigenvalue weighted by molar-refractivity contribution is 0.0561. The summed E-state index contributed by atoms with van der Waals surface area (Å²) in [5.41, 5.74) is 1.75. The molecule has 0 bridgehead atoms. The summed E-state index contributed by atoms with van der Waals surface area (Å²) in [6.45, 7) is 2.74. The predicted molar refractivity (Wildman–Crippen MR) is 79.3 cm³/mol. The van der Waals surface area contributed by atoms with Crippen LogP contribution in [-0.4, -0.2) is 35.1 Å². The van der Waals surface area contributed by atoms with Crippen molar-refractivity contribution >= 4 is 21.8 Å². The van der Waals surface area contributed by atoms with E-state index in [2.05, 4.69) is 15.9 Å². The Morgan fingerprint density at radius 2 is 2.21 bits per heavy atom. The van der Waals surface area contributed by atoms with Gasteiger partial charge in [-0.25, -0.2) is 0 Å². The molecule has 3 nitrogen and oxygen atoms in total. The quantitative estimate of drug-likeness (QED) is 0.903. The third-order valence-corrected chi connectivity index (χ3v) is 4.69. The third kappa shape index (κ3) is 3.18. The minimum Gasteiger partial charge on any atom is -0.396 e. The first kappa shape index (κ1) is 14.5. The number of amides is 1. The van der Waals surface area contributed by atoms with Gasteiger partial charge in [-0.2, -0.15) is 0 Å². The standard InChI is InChI=1S/C15H20BrNO2/c1-11-13(7-3-8-14(11)16)15(19)17(9-4-10-18)12-5-2-6-12/h3,7-8,12,18H,2,4-6,9-10H2,1H3. The summed E-state index contributed by atoms with van der Waals surface area (Å²) in [5, 5.41) is 8.99. The fraction of sp³-hybridized carbons (Fsp3) is 0.533. The number of carbonyl (C=O) groups is 1. The maximum atomic E-state index is 12.7. The van der Waals surface area contributed by atoms with Crippen molar-refractivity contribution in [2.45, 2.75) is 38.6 Å². The molecule has 1 aromatic carbocycles. The van der Waals surface area contributed by atoms with Crippen LogP contribution in [-0.2, 0) is 0 Å². The smallest absolute Gasteiger partial charge is 0.254 e. The van der Waals surface area contributed by atoms with Crippen LogP contribution >= 0.6 is 15.9 Å². The molecule has 19 heavy (non-hydrogen) atoms. The molecule has 4 heteroatoms. The Labute approximate surface area is 122 Å². The van der Waals surface area contributed by atoms with E-state index in [0.717, 1.165) is 28.4 Å². The van der Waals surface area contributed by atoms with Crippen molar-refractivity contribution in [2.24, 2.45) is 0 Å². The van der Waals surface area contributed by atoms with Crippen LogP contribution in [0, 0.1) is 6.92 Å². The highest BCUT2D eigenvalue weighted by Gasteiger charge is 2.29. The van der Waals surface area contributed by atoms with Crippen LogP contribution in [0.5, 0.6) is 0 Å². The summed E-state index contributed by atoms with van der Waals surface area (Å²) in [6.07, 6.45) is 4.02. The van der Waals surface area contributed by atoms with Crippen molar-refractivity contribution in [3.05, 3.63) is 33.8 Å². The van der Waals surface area contributed by atoms with Gasteiger partial charge < -0.3 is 10.0 Å². The monoisotopic (exact) mass is 325 g/mol. The van der Waals surface area contributed by atoms with Crippen molar-refractivity contribution in [3.8, 4) is 0 Å². The molecule has 0 aliphatic heterocycles. The van der Waals surface area contributed by atoms with E-state index in [0.29, 0.717) is 19.0 Å². The van der Waals surface area contributed by atoms with Gasteiger partial charge in [0.1, 0.15) is 0 Å². The van der Waals surface area contributed by atoms with E-state index in [1.165, 1.54) is 6.42 Å². The van der Waals surface area contributed by atoms with Crippen LogP contribution in [0.15, 0.2) is 22.7 Å². The molecule has 1 aliphatic rings. The van der Waals surface area contributed by atoms with Gasteiger partial charge in [-0.3, -0.25) is 4.79 Å². The fourth-order valence-electron chi connectivity index (χ4n) is 2.38. The van der Waals surface area contributed by atoms with Gasteiger partial charge in [0.2, 0.25) is 0 Å². The second-order valence-electron chi connectivity index (χ2n) is 5.07. The molecule has 1 amide bonds. The topological polar surface area (TPSA) is 40.5 Å². The van der Waals surface area contributed by atoms with Crippen LogP contribution in [0.25, 0.3) is 0 Å². The molecule has 104 valence electrons. The van der Waals surface area contributed by atoms with E-state index < -0.39 is 0 Å². The molecule has 0 unspecified atom stereocenters. The molecule has 1 fully saturated rings. The summed E-state index contributed by atoms with van der Waals surface area (Å²) < 4.78 is 0.967. The maximum absolute atomic E-state index is 12.7. The molecule has 0 radical (unpaired) electrons. The predicted octanol–water partition coefficient (Wildman–Crippen LogP) is 3.13. The second kappa shape index (κ2) is 6.53. The van der Waals surface area contributed by atoms with Crippen LogP contribution in [0.4, 0.5) is 0 Å². The van der Waals surface area contributed by atoms with E-state index in [-0.39, 0.29) is 12.5 Å². The first-order valence-electron chi connectivity index (χ1n) is 6.82. The van der Waals surface area contributed by atoms with Crippen molar-refractivity contribution in [2.75, 3.05) is 13.2 Å². The molecule has 1 aromatic rings. The Hall–Kier alpha value is -0.870. The summed E-state index contributed by atoms with van der Waals surface area (Å²) in [5.74, 6) is 0.0944. The number of aliphatic hydroxyl groups excluding tert-OH is 1. The van der Waals surface area contributed by atoms with Crippen molar-refractivity contribution in [1.29, 1.82) is 0 Å². The van der Waals surface area contributed by atoms with Gasteiger partial charge in [0.25, 0.3) is 5.91 Å². The van der Waals surface area contributed by atoms with Crippen molar-refractivity contribution in [3.63, 3.8) is 0 Å². The average Bonchev–Trinajstić information content (AvgIpc) is 2.34. The van der Waals surface area contributed by atoms with Crippen LogP contribution < -0.4 is 0 Å². The summed E-state index contributed by atoms with van der Waals surface area (Å²) in [7, 11) is 0. The maximum Gasteiger partial charge on any atom is 0.254 e. The number of hydrogen-bond donors (Lipinski definition) is 1. The first-order valence-corrected chi connectivity index (χ1v) is 7.61. The lowest BCUT2D eigenvalue weighted by Crippen LogP contribution is -2.45. The number of halogens is 1. The Kier molecular flexibility index (Phi) is 4.99. The lowest BCUT2D eigenvalue weighted by atomic mass is 9.90. The molecule has 0 spiro atoms. The number of carbonyl (C=O) groups excluding carboxylic acids is 1. The number of nitrogens with zero attached hydrogens (tertiary/aromatic N) is 1. The molecule has 1 aliphatic carbocycles. The zero-order valence-corrected chi connectivity index (χ0v) is 12.8. The molecule has 1 N–H and O–H groups in total. The largest absolute Gasteiger partial charge is 0.396 e. The van der Waals surface area contributed by atoms with Crippen LogP contribution in [0.3, 0.4) is 0 Å². The van der Waals surface area contributed by atoms with E-state index in [1.807, 2.05) is 30.0 Å². The van der Waals surface area contributed by atoms with Gasteiger partial charge in [-0.1, -0.05) is 22.0 Å². The molecular weight excluding hydrogens is 306 g/mol. The first-order chi connectivity index (χ1) is 9.15. The zero-order valence-electron chi connectivity index (χ0n) is 11.2. The number of benzene rings is 1. The molecule has 0 atom stereocenters. The highest BCUT2D eigenvalue weighted by atomic mass is 79.9.